The van der Waals surface area contributed by atoms with Crippen LogP contribution in [-0.2, 0) is 11.3 Å². The fourth-order valence-corrected chi connectivity index (χ4v) is 3.48. The average Bonchev–Trinajstić information content (AvgIpc) is 3.18. The number of nitriles is 1. The van der Waals surface area contributed by atoms with Gasteiger partial charge >= 0.3 is 17.8 Å². The number of H-pyrrole nitrogens is 1. The lowest BCUT2D eigenvalue weighted by Gasteiger charge is -2.28. The number of fused-ring (bicyclic) bond motifs is 1. The molecule has 0 radical (unpaired) electrons. The molecular weight excluding hydrogens is 483 g/mol. The third kappa shape index (κ3) is 5.05. The van der Waals surface area contributed by atoms with Crippen LogP contribution in [0, 0.1) is 11.3 Å². The molecule has 15 heteroatoms. The lowest BCUT2D eigenvalue weighted by Crippen LogP contribution is -2.44. The minimum atomic E-state index is -5.08. The van der Waals surface area contributed by atoms with E-state index in [0.717, 1.165) is 17.7 Å². The topological polar surface area (TPSA) is 149 Å². The van der Waals surface area contributed by atoms with Crippen molar-refractivity contribution in [1.29, 1.82) is 5.26 Å². The van der Waals surface area contributed by atoms with Crippen molar-refractivity contribution in [1.82, 2.24) is 24.4 Å². The number of alkyl halides is 3. The van der Waals surface area contributed by atoms with Crippen molar-refractivity contribution >= 4 is 34.7 Å². The molecule has 0 spiro atoms. The Morgan fingerprint density at radius 2 is 1.85 bits per heavy atom. The molecule has 3 heterocycles. The minimum absolute atomic E-state index is 0.166. The zero-order valence-corrected chi connectivity index (χ0v) is 18.0. The number of aromatic nitrogens is 4. The molecule has 11 nitrogen and oxygen atoms in total. The average molecular weight is 500 g/mol. The fourth-order valence-electron chi connectivity index (χ4n) is 3.26. The monoisotopic (exact) mass is 499 g/mol. The van der Waals surface area contributed by atoms with Crippen molar-refractivity contribution in [2.45, 2.75) is 12.7 Å². The van der Waals surface area contributed by atoms with Crippen LogP contribution in [0.2, 0.25) is 5.02 Å². The van der Waals surface area contributed by atoms with E-state index in [2.05, 4.69) is 15.3 Å². The van der Waals surface area contributed by atoms with Gasteiger partial charge in [0.25, 0.3) is 5.56 Å². The van der Waals surface area contributed by atoms with Crippen LogP contribution in [0.25, 0.3) is 16.9 Å². The number of carbonyl (C=O) groups is 1. The highest BCUT2D eigenvalue weighted by atomic mass is 35.5. The first-order valence-electron chi connectivity index (χ1n) is 9.69. The summed E-state index contributed by atoms with van der Waals surface area (Å²) in [5.41, 5.74) is -0.296. The van der Waals surface area contributed by atoms with Crippen LogP contribution >= 0.6 is 11.6 Å². The zero-order valence-electron chi connectivity index (χ0n) is 17.3. The number of nitrogens with zero attached hydrogens (tertiary/aromatic N) is 5. The Kier molecular flexibility index (Phi) is 7.28. The van der Waals surface area contributed by atoms with Gasteiger partial charge in [-0.05, 0) is 12.1 Å². The molecule has 1 aliphatic rings. The van der Waals surface area contributed by atoms with E-state index < -0.39 is 23.4 Å². The number of carboxylic acid groups (broad SMARTS) is 1. The number of aromatic amines is 1. The van der Waals surface area contributed by atoms with Crippen molar-refractivity contribution in [2.24, 2.45) is 0 Å². The lowest BCUT2D eigenvalue weighted by molar-refractivity contribution is -0.192. The van der Waals surface area contributed by atoms with Crippen LogP contribution in [0.1, 0.15) is 0 Å². The van der Waals surface area contributed by atoms with Crippen molar-refractivity contribution in [3.8, 4) is 11.8 Å². The summed E-state index contributed by atoms with van der Waals surface area (Å²) in [6.07, 6.45) is -5.08. The molecule has 180 valence electrons. The molecule has 1 aliphatic heterocycles. The Morgan fingerprint density at radius 1 is 1.24 bits per heavy atom. The Bertz CT molecular complexity index is 1370. The molecule has 0 bridgehead atoms. The largest absolute Gasteiger partial charge is 0.490 e. The molecular formula is C19H17ClF3N7O4. The lowest BCUT2D eigenvalue weighted by atomic mass is 10.3. The van der Waals surface area contributed by atoms with E-state index in [0.29, 0.717) is 29.7 Å². The molecule has 3 N–H and O–H groups in total. The normalized spacial score (nSPS) is 13.8. The van der Waals surface area contributed by atoms with E-state index in [1.165, 1.54) is 0 Å². The molecule has 1 saturated heterocycles. The number of anilines is 1. The molecule has 1 fully saturated rings. The van der Waals surface area contributed by atoms with Gasteiger partial charge in [-0.25, -0.2) is 9.59 Å². The van der Waals surface area contributed by atoms with Crippen LogP contribution < -0.4 is 21.5 Å². The smallest absolute Gasteiger partial charge is 0.475 e. The Hall–Kier alpha value is -3.83. The van der Waals surface area contributed by atoms with Crippen molar-refractivity contribution in [3.63, 3.8) is 0 Å². The molecule has 34 heavy (non-hydrogen) atoms. The van der Waals surface area contributed by atoms with Crippen LogP contribution in [0.4, 0.5) is 19.1 Å². The van der Waals surface area contributed by atoms with Gasteiger partial charge in [-0.15, -0.1) is 0 Å². The number of hydrogen-bond donors (Lipinski definition) is 3. The first-order chi connectivity index (χ1) is 16.1. The number of carboxylic acids is 1. The Balaban J connectivity index is 0.000000406. The summed E-state index contributed by atoms with van der Waals surface area (Å²) >= 11 is 6.40. The predicted octanol–water partition coefficient (Wildman–Crippen LogP) is 1.10. The zero-order chi connectivity index (χ0) is 25.0. The Morgan fingerprint density at radius 3 is 2.41 bits per heavy atom. The predicted molar refractivity (Wildman–Crippen MR) is 115 cm³/mol. The number of rotatable bonds is 3. The van der Waals surface area contributed by atoms with Crippen LogP contribution in [-0.4, -0.2) is 62.5 Å². The molecule has 4 rings (SSSR count). The van der Waals surface area contributed by atoms with E-state index in [4.69, 9.17) is 26.8 Å². The minimum Gasteiger partial charge on any atom is -0.475 e. The molecule has 0 unspecified atom stereocenters. The molecule has 2 aromatic heterocycles. The highest BCUT2D eigenvalue weighted by molar-refractivity contribution is 6.32. The third-order valence-corrected chi connectivity index (χ3v) is 5.06. The number of nitrogens with one attached hydrogen (secondary N) is 2. The van der Waals surface area contributed by atoms with Gasteiger partial charge in [0.05, 0.1) is 16.8 Å². The van der Waals surface area contributed by atoms with E-state index in [1.807, 2.05) is 17.0 Å². The van der Waals surface area contributed by atoms with E-state index >= 15 is 0 Å². The molecule has 3 aromatic rings. The maximum absolute atomic E-state index is 12.7. The number of aliphatic carboxylic acids is 1. The molecule has 0 amide bonds. The number of imidazole rings is 1. The summed E-state index contributed by atoms with van der Waals surface area (Å²) in [6.45, 7) is 2.70. The van der Waals surface area contributed by atoms with Crippen LogP contribution in [0.5, 0.6) is 0 Å². The summed E-state index contributed by atoms with van der Waals surface area (Å²) in [5.74, 6) is -2.24. The second-order valence-corrected chi connectivity index (χ2v) is 7.32. The maximum atomic E-state index is 12.7. The van der Waals surface area contributed by atoms with Gasteiger partial charge < -0.3 is 15.3 Å². The molecule has 0 atom stereocenters. The third-order valence-electron chi connectivity index (χ3n) is 4.74. The second kappa shape index (κ2) is 9.98. The first-order valence-corrected chi connectivity index (χ1v) is 10.1. The van der Waals surface area contributed by atoms with Gasteiger partial charge in [0.1, 0.15) is 6.54 Å². The van der Waals surface area contributed by atoms with Gasteiger partial charge in [-0.3, -0.25) is 18.9 Å². The highest BCUT2D eigenvalue weighted by Gasteiger charge is 2.38. The molecule has 0 saturated carbocycles. The first kappa shape index (κ1) is 24.8. The van der Waals surface area contributed by atoms with E-state index in [-0.39, 0.29) is 17.7 Å². The SMILES string of the molecule is N#CCn1c(=O)[nH]c(=O)c2c1nc(N1CCNCC1)n2-c1ccccc1Cl.O=C(O)C(F)(F)F. The Labute approximate surface area is 193 Å². The van der Waals surface area contributed by atoms with Gasteiger partial charge in [-0.1, -0.05) is 23.7 Å². The van der Waals surface area contributed by atoms with Crippen molar-refractivity contribution < 1.29 is 23.1 Å². The quantitative estimate of drug-likeness (QED) is 0.485. The standard InChI is InChI=1S/C17H16ClN7O2.C2HF3O2/c18-11-3-1-2-4-12(11)25-13-14(21-16(25)23-9-6-20-7-10-23)24(8-5-19)17(27)22-15(13)26;3-2(4,5)1(6)7/h1-4,20H,6-10H2,(H,22,26,27);(H,6,7). The van der Waals surface area contributed by atoms with Crippen molar-refractivity contribution in [2.75, 3.05) is 31.1 Å². The summed E-state index contributed by atoms with van der Waals surface area (Å²) in [4.78, 5) is 42.7. The number of para-hydroxylation sites is 1. The van der Waals surface area contributed by atoms with Crippen molar-refractivity contribution in [3.05, 3.63) is 50.1 Å². The summed E-state index contributed by atoms with van der Waals surface area (Å²) in [7, 11) is 0. The fraction of sp³-hybridized carbons (Fsp3) is 0.316. The van der Waals surface area contributed by atoms with Gasteiger partial charge in [0.15, 0.2) is 11.2 Å². The van der Waals surface area contributed by atoms with Gasteiger partial charge in [0, 0.05) is 26.2 Å². The van der Waals surface area contributed by atoms with Crippen LogP contribution in [0.3, 0.4) is 0 Å². The molecule has 1 aromatic carbocycles. The molecule has 0 aliphatic carbocycles. The van der Waals surface area contributed by atoms with Gasteiger partial charge in [-0.2, -0.15) is 23.4 Å². The summed E-state index contributed by atoms with van der Waals surface area (Å²) in [6, 6.07) is 9.06. The number of benzene rings is 1. The summed E-state index contributed by atoms with van der Waals surface area (Å²) in [5, 5.41) is 19.9. The van der Waals surface area contributed by atoms with Gasteiger partial charge in [0.2, 0.25) is 5.95 Å². The number of piperazine rings is 1. The number of halogens is 4. The van der Waals surface area contributed by atoms with Crippen LogP contribution in [0.15, 0.2) is 33.9 Å². The van der Waals surface area contributed by atoms with E-state index in [9.17, 15) is 22.8 Å². The number of hydrogen-bond acceptors (Lipinski definition) is 7. The highest BCUT2D eigenvalue weighted by Crippen LogP contribution is 2.29. The summed E-state index contributed by atoms with van der Waals surface area (Å²) < 4.78 is 34.6. The van der Waals surface area contributed by atoms with E-state index in [1.54, 1.807) is 22.8 Å². The maximum Gasteiger partial charge on any atom is 0.490 e. The second-order valence-electron chi connectivity index (χ2n) is 6.91.